The number of hydrogen-bond acceptors (Lipinski definition) is 3. The summed E-state index contributed by atoms with van der Waals surface area (Å²) in [6, 6.07) is 13.0. The van der Waals surface area contributed by atoms with Gasteiger partial charge in [0.1, 0.15) is 5.69 Å². The minimum Gasteiger partial charge on any atom is -0.352 e. The minimum atomic E-state index is -0.172. The third-order valence-electron chi connectivity index (χ3n) is 3.94. The topological polar surface area (TPSA) is 62.3 Å². The summed E-state index contributed by atoms with van der Waals surface area (Å²) in [5, 5.41) is 2.86. The molecule has 0 atom stereocenters. The highest BCUT2D eigenvalue weighted by Crippen LogP contribution is 2.10. The molecule has 2 aromatic rings. The van der Waals surface area contributed by atoms with Crippen molar-refractivity contribution in [2.45, 2.75) is 33.2 Å². The van der Waals surface area contributed by atoms with Crippen molar-refractivity contribution in [3.05, 3.63) is 65.5 Å². The van der Waals surface area contributed by atoms with Gasteiger partial charge in [-0.3, -0.25) is 14.6 Å². The van der Waals surface area contributed by atoms with Crippen molar-refractivity contribution in [1.29, 1.82) is 0 Å². The molecule has 0 aliphatic carbocycles. The van der Waals surface area contributed by atoms with Crippen LogP contribution in [-0.4, -0.2) is 34.8 Å². The highest BCUT2D eigenvalue weighted by Gasteiger charge is 2.17. The standard InChI is InChI=1S/C20H25N3O2/c1-3-5-12-22-19(24)17-11-13-21-18(14-17)20(25)23(4-2)15-16-9-7-6-8-10-16/h6-11,13-14H,3-5,12,15H2,1-2H3,(H,22,24). The number of unbranched alkanes of at least 4 members (excludes halogenated alkanes) is 1. The number of carbonyl (C=O) groups is 2. The molecule has 1 N–H and O–H groups in total. The van der Waals surface area contributed by atoms with Crippen LogP contribution in [0, 0.1) is 0 Å². The van der Waals surface area contributed by atoms with Crippen molar-refractivity contribution >= 4 is 11.8 Å². The van der Waals surface area contributed by atoms with E-state index < -0.39 is 0 Å². The van der Waals surface area contributed by atoms with Crippen molar-refractivity contribution in [3.63, 3.8) is 0 Å². The Morgan fingerprint density at radius 2 is 1.88 bits per heavy atom. The Labute approximate surface area is 149 Å². The van der Waals surface area contributed by atoms with Gasteiger partial charge < -0.3 is 10.2 Å². The molecule has 2 rings (SSSR count). The van der Waals surface area contributed by atoms with Gasteiger partial charge in [-0.15, -0.1) is 0 Å². The lowest BCUT2D eigenvalue weighted by Gasteiger charge is -2.20. The lowest BCUT2D eigenvalue weighted by molar-refractivity contribution is 0.0746. The molecular formula is C20H25N3O2. The highest BCUT2D eigenvalue weighted by molar-refractivity contribution is 5.98. The van der Waals surface area contributed by atoms with Crippen LogP contribution in [0.15, 0.2) is 48.7 Å². The van der Waals surface area contributed by atoms with E-state index in [1.54, 1.807) is 17.0 Å². The molecule has 0 saturated carbocycles. The van der Waals surface area contributed by atoms with Gasteiger partial charge in [0.15, 0.2) is 0 Å². The predicted molar refractivity (Wildman–Crippen MR) is 98.3 cm³/mol. The second-order valence-corrected chi connectivity index (χ2v) is 5.84. The molecule has 1 aromatic carbocycles. The zero-order valence-electron chi connectivity index (χ0n) is 14.9. The van der Waals surface area contributed by atoms with E-state index in [1.807, 2.05) is 37.3 Å². The fraction of sp³-hybridized carbons (Fsp3) is 0.350. The van der Waals surface area contributed by atoms with Crippen LogP contribution in [0.25, 0.3) is 0 Å². The Kier molecular flexibility index (Phi) is 7.14. The second kappa shape index (κ2) is 9.57. The first-order valence-corrected chi connectivity index (χ1v) is 8.73. The third-order valence-corrected chi connectivity index (χ3v) is 3.94. The molecule has 2 amide bonds. The number of aromatic nitrogens is 1. The maximum Gasteiger partial charge on any atom is 0.272 e. The lowest BCUT2D eigenvalue weighted by atomic mass is 10.1. The summed E-state index contributed by atoms with van der Waals surface area (Å²) in [5.41, 5.74) is 1.82. The van der Waals surface area contributed by atoms with Crippen LogP contribution < -0.4 is 5.32 Å². The van der Waals surface area contributed by atoms with E-state index in [0.29, 0.717) is 30.9 Å². The number of benzene rings is 1. The van der Waals surface area contributed by atoms with E-state index >= 15 is 0 Å². The number of nitrogens with one attached hydrogen (secondary N) is 1. The van der Waals surface area contributed by atoms with Crippen LogP contribution in [0.2, 0.25) is 0 Å². The maximum atomic E-state index is 12.7. The number of pyridine rings is 1. The molecule has 5 nitrogen and oxygen atoms in total. The first-order valence-electron chi connectivity index (χ1n) is 8.73. The van der Waals surface area contributed by atoms with Gasteiger partial charge in [-0.2, -0.15) is 0 Å². The van der Waals surface area contributed by atoms with E-state index in [1.165, 1.54) is 6.20 Å². The van der Waals surface area contributed by atoms with Gasteiger partial charge in [0.05, 0.1) is 0 Å². The largest absolute Gasteiger partial charge is 0.352 e. The number of amides is 2. The van der Waals surface area contributed by atoms with Crippen LogP contribution in [0.4, 0.5) is 0 Å². The first-order chi connectivity index (χ1) is 12.2. The van der Waals surface area contributed by atoms with Gasteiger partial charge in [0, 0.05) is 31.4 Å². The molecule has 0 aliphatic rings. The summed E-state index contributed by atoms with van der Waals surface area (Å²) in [4.78, 5) is 30.8. The van der Waals surface area contributed by atoms with Gasteiger partial charge >= 0.3 is 0 Å². The van der Waals surface area contributed by atoms with Gasteiger partial charge in [-0.05, 0) is 31.0 Å². The highest BCUT2D eigenvalue weighted by atomic mass is 16.2. The molecule has 1 aromatic heterocycles. The summed E-state index contributed by atoms with van der Waals surface area (Å²) in [6.45, 7) is 5.73. The molecule has 0 unspecified atom stereocenters. The van der Waals surface area contributed by atoms with Crippen molar-refractivity contribution < 1.29 is 9.59 Å². The molecule has 0 spiro atoms. The summed E-state index contributed by atoms with van der Waals surface area (Å²) in [5.74, 6) is -0.342. The fourth-order valence-electron chi connectivity index (χ4n) is 2.46. The zero-order valence-corrected chi connectivity index (χ0v) is 14.9. The third kappa shape index (κ3) is 5.41. The number of carbonyl (C=O) groups excluding carboxylic acids is 2. The number of nitrogens with zero attached hydrogens (tertiary/aromatic N) is 2. The van der Waals surface area contributed by atoms with Gasteiger partial charge in [0.25, 0.3) is 11.8 Å². The molecule has 0 fully saturated rings. The second-order valence-electron chi connectivity index (χ2n) is 5.84. The van der Waals surface area contributed by atoms with Crippen molar-refractivity contribution in [2.75, 3.05) is 13.1 Å². The average Bonchev–Trinajstić information content (AvgIpc) is 2.66. The van der Waals surface area contributed by atoms with E-state index in [4.69, 9.17) is 0 Å². The summed E-state index contributed by atoms with van der Waals surface area (Å²) in [6.07, 6.45) is 3.47. The maximum absolute atomic E-state index is 12.7. The van der Waals surface area contributed by atoms with Crippen LogP contribution in [0.1, 0.15) is 53.1 Å². The fourth-order valence-corrected chi connectivity index (χ4v) is 2.46. The predicted octanol–water partition coefficient (Wildman–Crippen LogP) is 3.27. The number of rotatable bonds is 8. The molecule has 5 heteroatoms. The van der Waals surface area contributed by atoms with Gasteiger partial charge in [-0.25, -0.2) is 0 Å². The Bertz CT molecular complexity index is 701. The lowest BCUT2D eigenvalue weighted by Crippen LogP contribution is -2.31. The molecule has 0 aliphatic heterocycles. The smallest absolute Gasteiger partial charge is 0.272 e. The zero-order chi connectivity index (χ0) is 18.1. The van der Waals surface area contributed by atoms with E-state index in [9.17, 15) is 9.59 Å². The van der Waals surface area contributed by atoms with Crippen LogP contribution in [-0.2, 0) is 6.54 Å². The van der Waals surface area contributed by atoms with Crippen molar-refractivity contribution in [3.8, 4) is 0 Å². The first kappa shape index (κ1) is 18.6. The summed E-state index contributed by atoms with van der Waals surface area (Å²) >= 11 is 0. The van der Waals surface area contributed by atoms with E-state index in [0.717, 1.165) is 18.4 Å². The van der Waals surface area contributed by atoms with Crippen LogP contribution in [0.3, 0.4) is 0 Å². The molecule has 0 saturated heterocycles. The normalized spacial score (nSPS) is 10.3. The minimum absolute atomic E-state index is 0.170. The molecule has 132 valence electrons. The van der Waals surface area contributed by atoms with Crippen LogP contribution in [0.5, 0.6) is 0 Å². The molecule has 0 radical (unpaired) electrons. The van der Waals surface area contributed by atoms with Crippen LogP contribution >= 0.6 is 0 Å². The summed E-state index contributed by atoms with van der Waals surface area (Å²) in [7, 11) is 0. The Morgan fingerprint density at radius 1 is 1.12 bits per heavy atom. The number of hydrogen-bond donors (Lipinski definition) is 1. The Morgan fingerprint density at radius 3 is 2.56 bits per heavy atom. The molecule has 25 heavy (non-hydrogen) atoms. The van der Waals surface area contributed by atoms with E-state index in [-0.39, 0.29) is 11.8 Å². The SMILES string of the molecule is CCCCNC(=O)c1ccnc(C(=O)N(CC)Cc2ccccc2)c1. The van der Waals surface area contributed by atoms with Gasteiger partial charge in [-0.1, -0.05) is 43.7 Å². The average molecular weight is 339 g/mol. The molecule has 1 heterocycles. The van der Waals surface area contributed by atoms with Crippen molar-refractivity contribution in [1.82, 2.24) is 15.2 Å². The molecule has 0 bridgehead atoms. The van der Waals surface area contributed by atoms with E-state index in [2.05, 4.69) is 17.2 Å². The Balaban J connectivity index is 2.09. The summed E-state index contributed by atoms with van der Waals surface area (Å²) < 4.78 is 0. The van der Waals surface area contributed by atoms with Gasteiger partial charge in [0.2, 0.25) is 0 Å². The Hall–Kier alpha value is -2.69. The quantitative estimate of drug-likeness (QED) is 0.751. The monoisotopic (exact) mass is 339 g/mol. The molecular weight excluding hydrogens is 314 g/mol. The van der Waals surface area contributed by atoms with Crippen molar-refractivity contribution in [2.24, 2.45) is 0 Å².